The third kappa shape index (κ3) is 3.00. The molecular weight excluding hydrogens is 283 g/mol. The quantitative estimate of drug-likeness (QED) is 0.757. The highest BCUT2D eigenvalue weighted by Crippen LogP contribution is 2.24. The molecule has 7 heteroatoms. The van der Waals surface area contributed by atoms with Crippen LogP contribution in [0.25, 0.3) is 0 Å². The van der Waals surface area contributed by atoms with Crippen LogP contribution in [0, 0.1) is 12.7 Å². The Balaban J connectivity index is 2.37. The monoisotopic (exact) mass is 296 g/mol. The number of nitrogens with one attached hydrogen (secondary N) is 1. The number of anilines is 2. The van der Waals surface area contributed by atoms with E-state index >= 15 is 0 Å². The molecule has 0 saturated carbocycles. The fourth-order valence-corrected chi connectivity index (χ4v) is 2.74. The number of sulfonamides is 1. The summed E-state index contributed by atoms with van der Waals surface area (Å²) in [6, 6.07) is 7.38. The number of nitrogens with two attached hydrogens (primary N) is 1. The van der Waals surface area contributed by atoms with Crippen LogP contribution < -0.4 is 10.5 Å². The summed E-state index contributed by atoms with van der Waals surface area (Å²) < 4.78 is 39.6. The van der Waals surface area contributed by atoms with Gasteiger partial charge in [0.2, 0.25) is 0 Å². The Labute approximate surface area is 115 Å². The van der Waals surface area contributed by atoms with Crippen LogP contribution in [-0.4, -0.2) is 13.5 Å². The van der Waals surface area contributed by atoms with E-state index in [4.69, 9.17) is 5.73 Å². The summed E-state index contributed by atoms with van der Waals surface area (Å²) in [5, 5.41) is 9.54. The van der Waals surface area contributed by atoms with E-state index < -0.39 is 15.8 Å². The highest BCUT2D eigenvalue weighted by molar-refractivity contribution is 7.92. The molecule has 0 aromatic heterocycles. The lowest BCUT2D eigenvalue weighted by Gasteiger charge is -2.10. The largest absolute Gasteiger partial charge is 0.508 e. The third-order valence-electron chi connectivity index (χ3n) is 2.67. The van der Waals surface area contributed by atoms with Crippen molar-refractivity contribution in [3.05, 3.63) is 47.8 Å². The fraction of sp³-hybridized carbons (Fsp3) is 0.0769. The Kier molecular flexibility index (Phi) is 3.54. The topological polar surface area (TPSA) is 92.4 Å². The van der Waals surface area contributed by atoms with Gasteiger partial charge in [-0.1, -0.05) is 6.07 Å². The van der Waals surface area contributed by atoms with Crippen molar-refractivity contribution in [3.63, 3.8) is 0 Å². The Bertz CT molecular complexity index is 740. The van der Waals surface area contributed by atoms with Gasteiger partial charge in [0.25, 0.3) is 10.0 Å². The van der Waals surface area contributed by atoms with E-state index in [0.29, 0.717) is 5.56 Å². The summed E-state index contributed by atoms with van der Waals surface area (Å²) in [7, 11) is -3.97. The number of rotatable bonds is 3. The van der Waals surface area contributed by atoms with E-state index in [-0.39, 0.29) is 22.0 Å². The highest BCUT2D eigenvalue weighted by atomic mass is 32.2. The van der Waals surface area contributed by atoms with Crippen LogP contribution >= 0.6 is 0 Å². The summed E-state index contributed by atoms with van der Waals surface area (Å²) in [4.78, 5) is -0.282. The van der Waals surface area contributed by atoms with Gasteiger partial charge in [0.15, 0.2) is 0 Å². The molecule has 0 fully saturated rings. The average Bonchev–Trinajstić information content (AvgIpc) is 2.32. The lowest BCUT2D eigenvalue weighted by Crippen LogP contribution is -2.13. The van der Waals surface area contributed by atoms with Gasteiger partial charge in [0.05, 0.1) is 10.6 Å². The molecule has 0 saturated heterocycles. The first-order valence-electron chi connectivity index (χ1n) is 5.66. The van der Waals surface area contributed by atoms with Crippen LogP contribution in [0.2, 0.25) is 0 Å². The first kappa shape index (κ1) is 14.1. The molecule has 0 radical (unpaired) electrons. The molecule has 2 rings (SSSR count). The summed E-state index contributed by atoms with van der Waals surface area (Å²) in [5.74, 6) is -0.777. The zero-order valence-electron chi connectivity index (χ0n) is 10.6. The van der Waals surface area contributed by atoms with Gasteiger partial charge in [0.1, 0.15) is 11.6 Å². The minimum absolute atomic E-state index is 0.0112. The number of phenols is 1. The van der Waals surface area contributed by atoms with Gasteiger partial charge in [-0.15, -0.1) is 0 Å². The van der Waals surface area contributed by atoms with Crippen molar-refractivity contribution in [2.75, 3.05) is 10.5 Å². The Hall–Kier alpha value is -2.28. The smallest absolute Gasteiger partial charge is 0.262 e. The maximum absolute atomic E-state index is 13.2. The van der Waals surface area contributed by atoms with E-state index in [1.54, 1.807) is 13.0 Å². The van der Waals surface area contributed by atoms with E-state index in [0.717, 1.165) is 18.2 Å². The number of phenolic OH excluding ortho intramolecular Hbond substituents is 1. The van der Waals surface area contributed by atoms with Crippen LogP contribution in [0.5, 0.6) is 5.75 Å². The number of benzene rings is 2. The lowest BCUT2D eigenvalue weighted by molar-refractivity contribution is 0.471. The molecular formula is C13H13FN2O3S. The van der Waals surface area contributed by atoms with Crippen LogP contribution in [0.3, 0.4) is 0 Å². The van der Waals surface area contributed by atoms with E-state index in [1.165, 1.54) is 12.1 Å². The summed E-state index contributed by atoms with van der Waals surface area (Å²) >= 11 is 0. The van der Waals surface area contributed by atoms with Gasteiger partial charge in [0, 0.05) is 11.8 Å². The second-order valence-corrected chi connectivity index (χ2v) is 6.01. The van der Waals surface area contributed by atoms with Gasteiger partial charge in [-0.3, -0.25) is 4.72 Å². The normalized spacial score (nSPS) is 11.3. The summed E-state index contributed by atoms with van der Waals surface area (Å²) in [5.41, 5.74) is 6.22. The first-order valence-corrected chi connectivity index (χ1v) is 7.15. The minimum Gasteiger partial charge on any atom is -0.508 e. The van der Waals surface area contributed by atoms with E-state index in [2.05, 4.69) is 4.72 Å². The second-order valence-electron chi connectivity index (χ2n) is 4.33. The maximum Gasteiger partial charge on any atom is 0.262 e. The van der Waals surface area contributed by atoms with Gasteiger partial charge in [-0.05, 0) is 36.8 Å². The van der Waals surface area contributed by atoms with Gasteiger partial charge in [-0.25, -0.2) is 12.8 Å². The lowest BCUT2D eigenvalue weighted by atomic mass is 10.2. The molecule has 20 heavy (non-hydrogen) atoms. The van der Waals surface area contributed by atoms with Crippen molar-refractivity contribution >= 4 is 21.4 Å². The molecule has 4 N–H and O–H groups in total. The molecule has 0 heterocycles. The molecule has 0 aliphatic carbocycles. The average molecular weight is 296 g/mol. The zero-order chi connectivity index (χ0) is 14.9. The van der Waals surface area contributed by atoms with Gasteiger partial charge < -0.3 is 10.8 Å². The summed E-state index contributed by atoms with van der Waals surface area (Å²) in [6.45, 7) is 1.68. The second kappa shape index (κ2) is 5.01. The number of nitrogen functional groups attached to an aromatic ring is 1. The van der Waals surface area contributed by atoms with Crippen molar-refractivity contribution in [2.45, 2.75) is 11.8 Å². The van der Waals surface area contributed by atoms with E-state index in [1.807, 2.05) is 0 Å². The number of aryl methyl sites for hydroxylation is 1. The first-order chi connectivity index (χ1) is 9.28. The van der Waals surface area contributed by atoms with Crippen molar-refractivity contribution in [1.29, 1.82) is 0 Å². The predicted octanol–water partition coefficient (Wildman–Crippen LogP) is 2.22. The SMILES string of the molecule is Cc1ccc(NS(=O)(=O)c2cc(N)cc(F)c2)cc1O. The van der Waals surface area contributed by atoms with Crippen LogP contribution in [0.15, 0.2) is 41.3 Å². The van der Waals surface area contributed by atoms with Crippen molar-refractivity contribution < 1.29 is 17.9 Å². The van der Waals surface area contributed by atoms with Crippen LogP contribution in [0.4, 0.5) is 15.8 Å². The molecule has 0 amide bonds. The predicted molar refractivity (Wildman–Crippen MR) is 74.5 cm³/mol. The Morgan fingerprint density at radius 1 is 1.20 bits per heavy atom. The maximum atomic E-state index is 13.2. The molecule has 2 aromatic carbocycles. The number of hydrogen-bond acceptors (Lipinski definition) is 4. The van der Waals surface area contributed by atoms with Crippen molar-refractivity contribution in [1.82, 2.24) is 0 Å². The standard InChI is InChI=1S/C13H13FN2O3S/c1-8-2-3-11(7-13(8)17)16-20(18,19)12-5-9(14)4-10(15)6-12/h2-7,16-17H,15H2,1H3. The van der Waals surface area contributed by atoms with Gasteiger partial charge in [-0.2, -0.15) is 0 Å². The Morgan fingerprint density at radius 3 is 2.50 bits per heavy atom. The highest BCUT2D eigenvalue weighted by Gasteiger charge is 2.16. The molecule has 0 aliphatic rings. The fourth-order valence-electron chi connectivity index (χ4n) is 1.63. The molecule has 5 nitrogen and oxygen atoms in total. The summed E-state index contributed by atoms with van der Waals surface area (Å²) in [6.07, 6.45) is 0. The zero-order valence-corrected chi connectivity index (χ0v) is 11.4. The molecule has 0 atom stereocenters. The van der Waals surface area contributed by atoms with Gasteiger partial charge >= 0.3 is 0 Å². The molecule has 0 unspecified atom stereocenters. The number of hydrogen-bond donors (Lipinski definition) is 3. The van der Waals surface area contributed by atoms with Crippen molar-refractivity contribution in [3.8, 4) is 5.75 Å². The molecule has 106 valence electrons. The molecule has 2 aromatic rings. The number of halogens is 1. The molecule has 0 spiro atoms. The molecule has 0 bridgehead atoms. The van der Waals surface area contributed by atoms with E-state index in [9.17, 15) is 17.9 Å². The van der Waals surface area contributed by atoms with Crippen LogP contribution in [-0.2, 0) is 10.0 Å². The van der Waals surface area contributed by atoms with Crippen molar-refractivity contribution in [2.24, 2.45) is 0 Å². The third-order valence-corrected chi connectivity index (χ3v) is 4.03. The van der Waals surface area contributed by atoms with Crippen LogP contribution in [0.1, 0.15) is 5.56 Å². The molecule has 0 aliphatic heterocycles. The minimum atomic E-state index is -3.97. The Morgan fingerprint density at radius 2 is 1.90 bits per heavy atom. The number of aromatic hydroxyl groups is 1.